The zero-order valence-corrected chi connectivity index (χ0v) is 12.1. The highest BCUT2D eigenvalue weighted by Gasteiger charge is 2.15. The van der Waals surface area contributed by atoms with Crippen LogP contribution in [0.2, 0.25) is 0 Å². The quantitative estimate of drug-likeness (QED) is 0.742. The Balaban J connectivity index is 2.05. The molecule has 0 aliphatic heterocycles. The van der Waals surface area contributed by atoms with Crippen molar-refractivity contribution in [2.24, 2.45) is 0 Å². The number of Topliss-reactive ketones (excluding diaryl/α,β-unsaturated/α-hetero) is 1. The molecule has 2 heteroatoms. The lowest BCUT2D eigenvalue weighted by atomic mass is 10.1. The first-order chi connectivity index (χ1) is 9.66. The van der Waals surface area contributed by atoms with E-state index in [9.17, 15) is 4.79 Å². The van der Waals surface area contributed by atoms with Gasteiger partial charge in [0.2, 0.25) is 0 Å². The minimum absolute atomic E-state index is 0.176. The summed E-state index contributed by atoms with van der Waals surface area (Å²) in [5.41, 5.74) is 2.02. The van der Waals surface area contributed by atoms with Gasteiger partial charge >= 0.3 is 0 Å². The van der Waals surface area contributed by atoms with E-state index in [-0.39, 0.29) is 5.78 Å². The van der Waals surface area contributed by atoms with Gasteiger partial charge in [-0.3, -0.25) is 9.69 Å². The third kappa shape index (κ3) is 4.04. The smallest absolute Gasteiger partial charge is 0.176 e. The number of rotatable bonds is 6. The van der Waals surface area contributed by atoms with Gasteiger partial charge in [0.15, 0.2) is 5.78 Å². The fourth-order valence-electron chi connectivity index (χ4n) is 2.14. The Morgan fingerprint density at radius 3 is 2.05 bits per heavy atom. The number of hydrogen-bond donors (Lipinski definition) is 0. The van der Waals surface area contributed by atoms with Gasteiger partial charge in [0.05, 0.1) is 6.54 Å². The molecule has 0 atom stereocenters. The van der Waals surface area contributed by atoms with Gasteiger partial charge in [-0.15, -0.1) is 0 Å². The molecule has 0 aromatic heterocycles. The molecule has 0 bridgehead atoms. The summed E-state index contributed by atoms with van der Waals surface area (Å²) in [6.45, 7) is 5.51. The Labute approximate surface area is 121 Å². The van der Waals surface area contributed by atoms with Gasteiger partial charge in [0, 0.05) is 18.2 Å². The molecule has 20 heavy (non-hydrogen) atoms. The molecule has 0 N–H and O–H groups in total. The van der Waals surface area contributed by atoms with Crippen molar-refractivity contribution in [3.8, 4) is 0 Å². The number of benzene rings is 2. The van der Waals surface area contributed by atoms with Crippen LogP contribution in [-0.4, -0.2) is 23.3 Å². The molecule has 0 amide bonds. The molecule has 0 saturated heterocycles. The molecule has 0 aliphatic carbocycles. The van der Waals surface area contributed by atoms with Gasteiger partial charge in [-0.05, 0) is 19.4 Å². The third-order valence-electron chi connectivity index (χ3n) is 3.40. The van der Waals surface area contributed by atoms with Crippen molar-refractivity contribution in [1.82, 2.24) is 4.90 Å². The molecule has 2 aromatic rings. The minimum Gasteiger partial charge on any atom is -0.293 e. The maximum absolute atomic E-state index is 12.3. The van der Waals surface area contributed by atoms with Crippen molar-refractivity contribution in [3.05, 3.63) is 71.8 Å². The van der Waals surface area contributed by atoms with Crippen LogP contribution in [0, 0.1) is 0 Å². The Bertz CT molecular complexity index is 534. The molecule has 0 radical (unpaired) electrons. The lowest BCUT2D eigenvalue weighted by molar-refractivity contribution is 0.0898. The van der Waals surface area contributed by atoms with E-state index in [2.05, 4.69) is 30.9 Å². The van der Waals surface area contributed by atoms with Gasteiger partial charge in [-0.25, -0.2) is 0 Å². The van der Waals surface area contributed by atoms with Crippen LogP contribution in [0.4, 0.5) is 0 Å². The molecular formula is C18H21NO. The second-order valence-corrected chi connectivity index (χ2v) is 5.27. The molecule has 2 nitrogen and oxygen atoms in total. The summed E-state index contributed by atoms with van der Waals surface area (Å²) in [6.07, 6.45) is 0. The van der Waals surface area contributed by atoms with Crippen molar-refractivity contribution in [2.75, 3.05) is 6.54 Å². The van der Waals surface area contributed by atoms with Crippen molar-refractivity contribution < 1.29 is 4.79 Å². The first-order valence-corrected chi connectivity index (χ1v) is 7.03. The van der Waals surface area contributed by atoms with Crippen LogP contribution < -0.4 is 0 Å². The second-order valence-electron chi connectivity index (χ2n) is 5.27. The van der Waals surface area contributed by atoms with Crippen molar-refractivity contribution >= 4 is 5.78 Å². The van der Waals surface area contributed by atoms with Gasteiger partial charge in [0.1, 0.15) is 0 Å². The molecule has 2 aromatic carbocycles. The second kappa shape index (κ2) is 7.01. The van der Waals surface area contributed by atoms with E-state index in [0.29, 0.717) is 12.6 Å². The van der Waals surface area contributed by atoms with E-state index < -0.39 is 0 Å². The SMILES string of the molecule is CC(C)N(CC(=O)c1ccccc1)Cc1ccccc1. The monoisotopic (exact) mass is 267 g/mol. The maximum Gasteiger partial charge on any atom is 0.176 e. The summed E-state index contributed by atoms with van der Waals surface area (Å²) in [5.74, 6) is 0.176. The average Bonchev–Trinajstić information content (AvgIpc) is 2.48. The van der Waals surface area contributed by atoms with Crippen LogP contribution in [-0.2, 0) is 6.54 Å². The number of carbonyl (C=O) groups excluding carboxylic acids is 1. The fraction of sp³-hybridized carbons (Fsp3) is 0.278. The van der Waals surface area contributed by atoms with E-state index in [1.165, 1.54) is 5.56 Å². The first kappa shape index (κ1) is 14.5. The third-order valence-corrected chi connectivity index (χ3v) is 3.40. The summed E-state index contributed by atoms with van der Waals surface area (Å²) < 4.78 is 0. The van der Waals surface area contributed by atoms with Crippen molar-refractivity contribution in [1.29, 1.82) is 0 Å². The van der Waals surface area contributed by atoms with E-state index >= 15 is 0 Å². The fourth-order valence-corrected chi connectivity index (χ4v) is 2.14. The Morgan fingerprint density at radius 2 is 1.50 bits per heavy atom. The first-order valence-electron chi connectivity index (χ1n) is 7.03. The Morgan fingerprint density at radius 1 is 0.950 bits per heavy atom. The molecule has 2 rings (SSSR count). The van der Waals surface area contributed by atoms with Crippen LogP contribution in [0.1, 0.15) is 29.8 Å². The summed E-state index contributed by atoms with van der Waals surface area (Å²) in [7, 11) is 0. The van der Waals surface area contributed by atoms with E-state index in [4.69, 9.17) is 0 Å². The Kier molecular flexibility index (Phi) is 5.08. The minimum atomic E-state index is 0.176. The Hall–Kier alpha value is -1.93. The molecule has 104 valence electrons. The van der Waals surface area contributed by atoms with E-state index in [1.807, 2.05) is 48.5 Å². The summed E-state index contributed by atoms with van der Waals surface area (Å²) >= 11 is 0. The van der Waals surface area contributed by atoms with E-state index in [0.717, 1.165) is 12.1 Å². The standard InChI is InChI=1S/C18H21NO/c1-15(2)19(13-16-9-5-3-6-10-16)14-18(20)17-11-7-4-8-12-17/h3-12,15H,13-14H2,1-2H3. The van der Waals surface area contributed by atoms with Crippen LogP contribution in [0.5, 0.6) is 0 Å². The van der Waals surface area contributed by atoms with Gasteiger partial charge in [0.25, 0.3) is 0 Å². The molecule has 0 spiro atoms. The predicted octanol–water partition coefficient (Wildman–Crippen LogP) is 3.78. The number of ketones is 1. The van der Waals surface area contributed by atoms with Crippen LogP contribution >= 0.6 is 0 Å². The predicted molar refractivity (Wildman–Crippen MR) is 82.8 cm³/mol. The van der Waals surface area contributed by atoms with E-state index in [1.54, 1.807) is 0 Å². The summed E-state index contributed by atoms with van der Waals surface area (Å²) in [4.78, 5) is 14.5. The van der Waals surface area contributed by atoms with Crippen LogP contribution in [0.15, 0.2) is 60.7 Å². The van der Waals surface area contributed by atoms with Gasteiger partial charge in [-0.1, -0.05) is 60.7 Å². The van der Waals surface area contributed by atoms with Gasteiger partial charge < -0.3 is 0 Å². The molecule has 0 aliphatic rings. The molecular weight excluding hydrogens is 246 g/mol. The lowest BCUT2D eigenvalue weighted by Crippen LogP contribution is -2.35. The topological polar surface area (TPSA) is 20.3 Å². The van der Waals surface area contributed by atoms with Crippen molar-refractivity contribution in [2.45, 2.75) is 26.4 Å². The van der Waals surface area contributed by atoms with Crippen LogP contribution in [0.25, 0.3) is 0 Å². The zero-order chi connectivity index (χ0) is 14.4. The number of nitrogens with zero attached hydrogens (tertiary/aromatic N) is 1. The largest absolute Gasteiger partial charge is 0.293 e. The van der Waals surface area contributed by atoms with Crippen molar-refractivity contribution in [3.63, 3.8) is 0 Å². The highest BCUT2D eigenvalue weighted by molar-refractivity contribution is 5.97. The number of carbonyl (C=O) groups is 1. The molecule has 0 heterocycles. The number of hydrogen-bond acceptors (Lipinski definition) is 2. The highest BCUT2D eigenvalue weighted by Crippen LogP contribution is 2.10. The normalized spacial score (nSPS) is 11.0. The highest BCUT2D eigenvalue weighted by atomic mass is 16.1. The zero-order valence-electron chi connectivity index (χ0n) is 12.1. The maximum atomic E-state index is 12.3. The van der Waals surface area contributed by atoms with Crippen LogP contribution in [0.3, 0.4) is 0 Å². The van der Waals surface area contributed by atoms with Gasteiger partial charge in [-0.2, -0.15) is 0 Å². The molecule has 0 fully saturated rings. The summed E-state index contributed by atoms with van der Waals surface area (Å²) in [5, 5.41) is 0. The average molecular weight is 267 g/mol. The molecule has 0 unspecified atom stereocenters. The molecule has 0 saturated carbocycles. The lowest BCUT2D eigenvalue weighted by Gasteiger charge is -2.25. The summed E-state index contributed by atoms with van der Waals surface area (Å²) in [6, 6.07) is 20.1.